The van der Waals surface area contributed by atoms with Gasteiger partial charge in [-0.25, -0.2) is 8.42 Å². The lowest BCUT2D eigenvalue weighted by Crippen LogP contribution is -2.42. The molecule has 1 aliphatic rings. The van der Waals surface area contributed by atoms with Crippen LogP contribution < -0.4 is 0 Å². The van der Waals surface area contributed by atoms with Crippen molar-refractivity contribution >= 4 is 21.4 Å². The number of ether oxygens (including phenoxy) is 1. The number of aromatic nitrogens is 1. The first-order valence-electron chi connectivity index (χ1n) is 8.91. The Balaban J connectivity index is 1.95. The number of halogens is 7. The van der Waals surface area contributed by atoms with E-state index in [1.165, 1.54) is 6.92 Å². The zero-order chi connectivity index (χ0) is 23.2. The molecule has 1 aromatic carbocycles. The van der Waals surface area contributed by atoms with Crippen LogP contribution in [-0.4, -0.2) is 24.8 Å². The molecular formula is C19H16ClF6NO3S. The minimum absolute atomic E-state index is 0.0274. The fourth-order valence-corrected chi connectivity index (χ4v) is 5.47. The number of nitrogens with zero attached hydrogens (tertiary/aromatic N) is 1. The summed E-state index contributed by atoms with van der Waals surface area (Å²) in [4.78, 5) is 3.21. The Morgan fingerprint density at radius 2 is 1.74 bits per heavy atom. The van der Waals surface area contributed by atoms with Gasteiger partial charge in [0, 0.05) is 12.8 Å². The van der Waals surface area contributed by atoms with E-state index in [0.29, 0.717) is 18.3 Å². The molecule has 1 aromatic heterocycles. The predicted molar refractivity (Wildman–Crippen MR) is 99.2 cm³/mol. The average molecular weight is 488 g/mol. The van der Waals surface area contributed by atoms with Crippen LogP contribution in [0.2, 0.25) is 5.02 Å². The van der Waals surface area contributed by atoms with E-state index in [9.17, 15) is 34.8 Å². The zero-order valence-electron chi connectivity index (χ0n) is 15.9. The van der Waals surface area contributed by atoms with Gasteiger partial charge in [-0.3, -0.25) is 4.98 Å². The third-order valence-electron chi connectivity index (χ3n) is 5.19. The summed E-state index contributed by atoms with van der Waals surface area (Å²) in [6.45, 7) is 1.26. The molecule has 0 aliphatic carbocycles. The fraction of sp³-hybridized carbons (Fsp3) is 0.421. The molecule has 12 heteroatoms. The SMILES string of the molecule is CC1(S(=O)(=O)c2cccc(C(F)(F)F)c2)CCOC(c2ncc(C(F)(F)F)cc2Cl)C1. The molecule has 3 rings (SSSR count). The molecule has 1 fully saturated rings. The molecule has 0 radical (unpaired) electrons. The zero-order valence-corrected chi connectivity index (χ0v) is 17.5. The van der Waals surface area contributed by atoms with Crippen LogP contribution in [0.5, 0.6) is 0 Å². The predicted octanol–water partition coefficient (Wildman–Crippen LogP) is 5.86. The maximum atomic E-state index is 13.2. The fourth-order valence-electron chi connectivity index (χ4n) is 3.35. The molecule has 170 valence electrons. The number of alkyl halides is 6. The number of hydrogen-bond acceptors (Lipinski definition) is 4. The van der Waals surface area contributed by atoms with Crippen LogP contribution in [0.15, 0.2) is 41.4 Å². The van der Waals surface area contributed by atoms with Crippen molar-refractivity contribution in [3.8, 4) is 0 Å². The topological polar surface area (TPSA) is 56.3 Å². The quantitative estimate of drug-likeness (QED) is 0.509. The minimum atomic E-state index is -4.72. The van der Waals surface area contributed by atoms with E-state index in [2.05, 4.69) is 4.98 Å². The minimum Gasteiger partial charge on any atom is -0.372 e. The number of benzene rings is 1. The van der Waals surface area contributed by atoms with Gasteiger partial charge in [0.1, 0.15) is 6.10 Å². The lowest BCUT2D eigenvalue weighted by Gasteiger charge is -2.37. The van der Waals surface area contributed by atoms with Gasteiger partial charge in [-0.15, -0.1) is 0 Å². The van der Waals surface area contributed by atoms with Crippen molar-refractivity contribution in [3.63, 3.8) is 0 Å². The second-order valence-corrected chi connectivity index (χ2v) is 10.3. The third kappa shape index (κ3) is 4.68. The van der Waals surface area contributed by atoms with Crippen molar-refractivity contribution in [2.45, 2.75) is 47.9 Å². The first-order valence-corrected chi connectivity index (χ1v) is 10.8. The van der Waals surface area contributed by atoms with Crippen molar-refractivity contribution in [1.29, 1.82) is 0 Å². The maximum absolute atomic E-state index is 13.2. The normalized spacial score (nSPS) is 23.0. The van der Waals surface area contributed by atoms with Crippen molar-refractivity contribution in [1.82, 2.24) is 4.98 Å². The highest BCUT2D eigenvalue weighted by atomic mass is 35.5. The number of pyridine rings is 1. The van der Waals surface area contributed by atoms with Crippen molar-refractivity contribution in [2.24, 2.45) is 0 Å². The Labute approximate surface area is 179 Å². The molecule has 0 saturated carbocycles. The Kier molecular flexibility index (Phi) is 6.09. The van der Waals surface area contributed by atoms with Gasteiger partial charge >= 0.3 is 12.4 Å². The molecule has 31 heavy (non-hydrogen) atoms. The Bertz CT molecular complexity index is 1090. The molecule has 0 bridgehead atoms. The number of hydrogen-bond donors (Lipinski definition) is 0. The van der Waals surface area contributed by atoms with E-state index < -0.39 is 49.1 Å². The van der Waals surface area contributed by atoms with Crippen molar-refractivity contribution < 1.29 is 39.5 Å². The molecule has 2 heterocycles. The number of sulfone groups is 1. The first-order chi connectivity index (χ1) is 14.1. The Morgan fingerprint density at radius 3 is 2.32 bits per heavy atom. The van der Waals surface area contributed by atoms with Gasteiger partial charge in [-0.2, -0.15) is 26.3 Å². The summed E-state index contributed by atoms with van der Waals surface area (Å²) >= 11 is 5.95. The molecule has 4 nitrogen and oxygen atoms in total. The Hall–Kier alpha value is -1.85. The third-order valence-corrected chi connectivity index (χ3v) is 8.04. The lowest BCUT2D eigenvalue weighted by atomic mass is 9.94. The first kappa shape index (κ1) is 23.8. The lowest BCUT2D eigenvalue weighted by molar-refractivity contribution is -0.138. The number of rotatable bonds is 3. The largest absolute Gasteiger partial charge is 0.417 e. The summed E-state index contributed by atoms with van der Waals surface area (Å²) in [5, 5.41) is -0.347. The van der Waals surface area contributed by atoms with Crippen LogP contribution in [0, 0.1) is 0 Å². The van der Waals surface area contributed by atoms with E-state index in [-0.39, 0.29) is 30.2 Å². The van der Waals surface area contributed by atoms with Gasteiger partial charge in [0.05, 0.1) is 31.5 Å². The summed E-state index contributed by atoms with van der Waals surface area (Å²) in [6, 6.07) is 4.07. The smallest absolute Gasteiger partial charge is 0.372 e. The molecular weight excluding hydrogens is 472 g/mol. The van der Waals surface area contributed by atoms with Gasteiger partial charge in [0.15, 0.2) is 9.84 Å². The second-order valence-electron chi connectivity index (χ2n) is 7.38. The molecule has 1 aliphatic heterocycles. The Morgan fingerprint density at radius 1 is 1.10 bits per heavy atom. The molecule has 0 spiro atoms. The van der Waals surface area contributed by atoms with E-state index in [1.807, 2.05) is 0 Å². The average Bonchev–Trinajstić information content (AvgIpc) is 2.66. The van der Waals surface area contributed by atoms with E-state index in [0.717, 1.165) is 18.2 Å². The maximum Gasteiger partial charge on any atom is 0.417 e. The highest BCUT2D eigenvalue weighted by Gasteiger charge is 2.46. The van der Waals surface area contributed by atoms with Gasteiger partial charge < -0.3 is 4.74 Å². The van der Waals surface area contributed by atoms with Crippen molar-refractivity contribution in [3.05, 3.63) is 58.4 Å². The monoisotopic (exact) mass is 487 g/mol. The molecule has 2 aromatic rings. The summed E-state index contributed by atoms with van der Waals surface area (Å²) in [5.74, 6) is 0. The van der Waals surface area contributed by atoms with Gasteiger partial charge in [-0.1, -0.05) is 17.7 Å². The van der Waals surface area contributed by atoms with Gasteiger partial charge in [-0.05, 0) is 44.0 Å². The standard InChI is InChI=1S/C19H16ClF6NO3S/c1-17(31(28,29)13-4-2-3-11(7-13)18(21,22)23)5-6-30-15(9-17)16-14(20)8-12(10-27-16)19(24,25)26/h2-4,7-8,10,15H,5-6,9H2,1H3. The van der Waals surface area contributed by atoms with E-state index >= 15 is 0 Å². The van der Waals surface area contributed by atoms with Crippen LogP contribution in [0.1, 0.15) is 42.7 Å². The van der Waals surface area contributed by atoms with Gasteiger partial charge in [0.2, 0.25) is 0 Å². The van der Waals surface area contributed by atoms with Crippen LogP contribution in [0.25, 0.3) is 0 Å². The van der Waals surface area contributed by atoms with Gasteiger partial charge in [0.25, 0.3) is 0 Å². The second kappa shape index (κ2) is 7.93. The van der Waals surface area contributed by atoms with E-state index in [1.54, 1.807) is 0 Å². The molecule has 2 unspecified atom stereocenters. The molecule has 0 amide bonds. The summed E-state index contributed by atoms with van der Waals surface area (Å²) in [7, 11) is -4.26. The highest BCUT2D eigenvalue weighted by molar-refractivity contribution is 7.92. The summed E-state index contributed by atoms with van der Waals surface area (Å²) in [5.41, 5.74) is -2.25. The van der Waals surface area contributed by atoms with Crippen LogP contribution in [0.3, 0.4) is 0 Å². The molecule has 1 saturated heterocycles. The summed E-state index contributed by atoms with van der Waals surface area (Å²) < 4.78 is 108. The summed E-state index contributed by atoms with van der Waals surface area (Å²) in [6.07, 6.45) is -10.1. The van der Waals surface area contributed by atoms with Crippen molar-refractivity contribution in [2.75, 3.05) is 6.61 Å². The van der Waals surface area contributed by atoms with Crippen LogP contribution in [0.4, 0.5) is 26.3 Å². The highest BCUT2D eigenvalue weighted by Crippen LogP contribution is 2.44. The molecule has 0 N–H and O–H groups in total. The van der Waals surface area contributed by atoms with Crippen LogP contribution >= 0.6 is 11.6 Å². The van der Waals surface area contributed by atoms with E-state index in [4.69, 9.17) is 16.3 Å². The molecule has 2 atom stereocenters. The van der Waals surface area contributed by atoms with Crippen LogP contribution in [-0.2, 0) is 26.9 Å².